The van der Waals surface area contributed by atoms with Gasteiger partial charge < -0.3 is 0 Å². The zero-order valence-corrected chi connectivity index (χ0v) is 10.9. The van der Waals surface area contributed by atoms with Crippen molar-refractivity contribution in [1.29, 1.82) is 0 Å². The van der Waals surface area contributed by atoms with Gasteiger partial charge in [-0.15, -0.1) is 0 Å². The van der Waals surface area contributed by atoms with Crippen LogP contribution < -0.4 is 0 Å². The fourth-order valence-electron chi connectivity index (χ4n) is 1.89. The summed E-state index contributed by atoms with van der Waals surface area (Å²) in [5.74, 6) is 0. The Bertz CT molecular complexity index is 687. The molecule has 2 heteroatoms. The summed E-state index contributed by atoms with van der Waals surface area (Å²) >= 11 is 0. The molecule has 0 atom stereocenters. The van der Waals surface area contributed by atoms with E-state index in [9.17, 15) is 0 Å². The predicted octanol–water partition coefficient (Wildman–Crippen LogP) is 5.57. The van der Waals surface area contributed by atoms with Crippen molar-refractivity contribution in [3.8, 4) is 11.1 Å². The Hall–Kier alpha value is -2.74. The SMILES string of the molecule is [c]1ccccc1-c1ccc(N=Nc2ccccc2)cc1. The van der Waals surface area contributed by atoms with Crippen LogP contribution in [0.3, 0.4) is 0 Å². The third-order valence-corrected chi connectivity index (χ3v) is 2.92. The highest BCUT2D eigenvalue weighted by molar-refractivity contribution is 5.64. The lowest BCUT2D eigenvalue weighted by Gasteiger charge is -2.00. The molecule has 0 spiro atoms. The minimum absolute atomic E-state index is 0.841. The van der Waals surface area contributed by atoms with E-state index in [1.54, 1.807) is 0 Å². The summed E-state index contributed by atoms with van der Waals surface area (Å²) in [5, 5.41) is 8.42. The zero-order chi connectivity index (χ0) is 13.6. The number of hydrogen-bond acceptors (Lipinski definition) is 2. The first kappa shape index (κ1) is 12.3. The largest absolute Gasteiger partial charge is 0.151 e. The average Bonchev–Trinajstić information content (AvgIpc) is 2.55. The summed E-state index contributed by atoms with van der Waals surface area (Å²) in [6.07, 6.45) is 0. The summed E-state index contributed by atoms with van der Waals surface area (Å²) in [4.78, 5) is 0. The lowest BCUT2D eigenvalue weighted by Crippen LogP contribution is -1.75. The van der Waals surface area contributed by atoms with Gasteiger partial charge in [0.2, 0.25) is 0 Å². The number of benzene rings is 3. The Labute approximate surface area is 118 Å². The molecule has 0 aliphatic heterocycles. The molecule has 0 bridgehead atoms. The van der Waals surface area contributed by atoms with E-state index >= 15 is 0 Å². The predicted molar refractivity (Wildman–Crippen MR) is 81.3 cm³/mol. The molecule has 20 heavy (non-hydrogen) atoms. The van der Waals surface area contributed by atoms with Crippen LogP contribution in [-0.4, -0.2) is 0 Å². The molecule has 0 fully saturated rings. The third-order valence-electron chi connectivity index (χ3n) is 2.92. The van der Waals surface area contributed by atoms with Gasteiger partial charge in [-0.25, -0.2) is 0 Å². The van der Waals surface area contributed by atoms with Gasteiger partial charge in [0, 0.05) is 0 Å². The topological polar surface area (TPSA) is 24.7 Å². The van der Waals surface area contributed by atoms with Gasteiger partial charge in [0.25, 0.3) is 0 Å². The van der Waals surface area contributed by atoms with E-state index in [4.69, 9.17) is 0 Å². The molecule has 3 aromatic carbocycles. The van der Waals surface area contributed by atoms with Gasteiger partial charge in [0.15, 0.2) is 0 Å². The van der Waals surface area contributed by atoms with Gasteiger partial charge in [-0.05, 0) is 41.5 Å². The molecule has 0 saturated heterocycles. The quantitative estimate of drug-likeness (QED) is 0.548. The van der Waals surface area contributed by atoms with Crippen molar-refractivity contribution >= 4 is 11.4 Å². The van der Waals surface area contributed by atoms with Crippen LogP contribution in [0.15, 0.2) is 89.1 Å². The molecule has 0 N–H and O–H groups in total. The first-order chi connectivity index (χ1) is 9.92. The van der Waals surface area contributed by atoms with Crippen LogP contribution >= 0.6 is 0 Å². The van der Waals surface area contributed by atoms with Crippen molar-refractivity contribution in [3.63, 3.8) is 0 Å². The van der Waals surface area contributed by atoms with Crippen LogP contribution in [0.1, 0.15) is 0 Å². The molecule has 3 aromatic rings. The minimum atomic E-state index is 0.841. The molecule has 2 nitrogen and oxygen atoms in total. The van der Waals surface area contributed by atoms with Crippen molar-refractivity contribution in [2.24, 2.45) is 10.2 Å². The van der Waals surface area contributed by atoms with E-state index in [1.807, 2.05) is 78.9 Å². The van der Waals surface area contributed by atoms with Crippen molar-refractivity contribution in [2.75, 3.05) is 0 Å². The van der Waals surface area contributed by atoms with Gasteiger partial charge in [-0.3, -0.25) is 0 Å². The first-order valence-electron chi connectivity index (χ1n) is 6.46. The highest BCUT2D eigenvalue weighted by Gasteiger charge is 1.96. The normalized spacial score (nSPS) is 10.8. The summed E-state index contributed by atoms with van der Waals surface area (Å²) in [6.45, 7) is 0. The van der Waals surface area contributed by atoms with E-state index in [-0.39, 0.29) is 0 Å². The maximum absolute atomic E-state index is 4.23. The van der Waals surface area contributed by atoms with Crippen LogP contribution in [0, 0.1) is 6.07 Å². The molecule has 0 aliphatic rings. The van der Waals surface area contributed by atoms with Crippen molar-refractivity contribution in [1.82, 2.24) is 0 Å². The Morgan fingerprint density at radius 2 is 1.25 bits per heavy atom. The Kier molecular flexibility index (Phi) is 3.65. The molecule has 0 amide bonds. The van der Waals surface area contributed by atoms with Gasteiger partial charge >= 0.3 is 0 Å². The van der Waals surface area contributed by atoms with Crippen LogP contribution in [0.5, 0.6) is 0 Å². The highest BCUT2D eigenvalue weighted by atomic mass is 15.1. The number of rotatable bonds is 3. The van der Waals surface area contributed by atoms with Gasteiger partial charge in [-0.2, -0.15) is 10.2 Å². The Morgan fingerprint density at radius 1 is 0.600 bits per heavy atom. The van der Waals surface area contributed by atoms with Crippen molar-refractivity contribution in [2.45, 2.75) is 0 Å². The van der Waals surface area contributed by atoms with Crippen molar-refractivity contribution < 1.29 is 0 Å². The lowest BCUT2D eigenvalue weighted by molar-refractivity contribution is 1.23. The van der Waals surface area contributed by atoms with E-state index in [1.165, 1.54) is 0 Å². The van der Waals surface area contributed by atoms with Crippen LogP contribution in [0.4, 0.5) is 11.4 Å². The zero-order valence-electron chi connectivity index (χ0n) is 10.9. The van der Waals surface area contributed by atoms with E-state index < -0.39 is 0 Å². The van der Waals surface area contributed by atoms with Crippen LogP contribution in [-0.2, 0) is 0 Å². The van der Waals surface area contributed by atoms with Crippen LogP contribution in [0.2, 0.25) is 0 Å². The number of nitrogens with zero attached hydrogens (tertiary/aromatic N) is 2. The molecule has 0 unspecified atom stereocenters. The Balaban J connectivity index is 1.79. The van der Waals surface area contributed by atoms with Crippen molar-refractivity contribution in [3.05, 3.63) is 84.9 Å². The second kappa shape index (κ2) is 5.93. The molecule has 1 radical (unpaired) electrons. The van der Waals surface area contributed by atoms with Gasteiger partial charge in [0.05, 0.1) is 11.4 Å². The van der Waals surface area contributed by atoms with E-state index in [0.717, 1.165) is 22.5 Å². The summed E-state index contributed by atoms with van der Waals surface area (Å²) < 4.78 is 0. The fraction of sp³-hybridized carbons (Fsp3) is 0. The van der Waals surface area contributed by atoms with E-state index in [0.29, 0.717) is 0 Å². The smallest absolute Gasteiger partial charge is 0.0857 e. The van der Waals surface area contributed by atoms with Crippen LogP contribution in [0.25, 0.3) is 11.1 Å². The summed E-state index contributed by atoms with van der Waals surface area (Å²) in [6, 6.07) is 28.8. The van der Waals surface area contributed by atoms with Gasteiger partial charge in [-0.1, -0.05) is 54.6 Å². The summed E-state index contributed by atoms with van der Waals surface area (Å²) in [7, 11) is 0. The third kappa shape index (κ3) is 2.98. The monoisotopic (exact) mass is 257 g/mol. The molecular weight excluding hydrogens is 244 g/mol. The Morgan fingerprint density at radius 3 is 1.90 bits per heavy atom. The fourth-order valence-corrected chi connectivity index (χ4v) is 1.89. The molecule has 3 rings (SSSR count). The second-order valence-electron chi connectivity index (χ2n) is 4.36. The molecule has 0 aliphatic carbocycles. The minimum Gasteiger partial charge on any atom is -0.151 e. The molecule has 95 valence electrons. The number of hydrogen-bond donors (Lipinski definition) is 0. The molecule has 0 heterocycles. The van der Waals surface area contributed by atoms with E-state index in [2.05, 4.69) is 16.3 Å². The standard InChI is InChI=1S/C18H13N2/c1-3-7-15(8-4-1)16-11-13-18(14-12-16)20-19-17-9-5-2-6-10-17/h1-7,9-14H. The molecular formula is C18H13N2. The average molecular weight is 257 g/mol. The lowest BCUT2D eigenvalue weighted by atomic mass is 10.1. The maximum atomic E-state index is 4.23. The summed E-state index contributed by atoms with van der Waals surface area (Å²) in [5.41, 5.74) is 3.91. The van der Waals surface area contributed by atoms with Gasteiger partial charge in [0.1, 0.15) is 0 Å². The number of azo groups is 1. The second-order valence-corrected chi connectivity index (χ2v) is 4.36. The first-order valence-corrected chi connectivity index (χ1v) is 6.46. The molecule has 0 aromatic heterocycles. The highest BCUT2D eigenvalue weighted by Crippen LogP contribution is 2.23. The maximum Gasteiger partial charge on any atom is 0.0857 e. The molecule has 0 saturated carbocycles.